The number of H-pyrrole nitrogens is 1. The Morgan fingerprint density at radius 2 is 1.97 bits per heavy atom. The van der Waals surface area contributed by atoms with Gasteiger partial charge in [-0.25, -0.2) is 4.98 Å². The Bertz CT molecular complexity index is 1100. The molecule has 0 bridgehead atoms. The van der Waals surface area contributed by atoms with Gasteiger partial charge in [-0.3, -0.25) is 9.69 Å². The molecule has 10 heteroatoms. The second kappa shape index (κ2) is 8.70. The second-order valence-electron chi connectivity index (χ2n) is 8.32. The van der Waals surface area contributed by atoms with Crippen LogP contribution in [0.25, 0.3) is 0 Å². The van der Waals surface area contributed by atoms with E-state index in [1.165, 1.54) is 28.3 Å². The van der Waals surface area contributed by atoms with Gasteiger partial charge in [-0.05, 0) is 30.5 Å². The fourth-order valence-electron chi connectivity index (χ4n) is 4.22. The normalized spacial score (nSPS) is 20.2. The zero-order chi connectivity index (χ0) is 22.2. The minimum atomic E-state index is -3.46. The molecule has 1 N–H and O–H groups in total. The zero-order valence-corrected chi connectivity index (χ0v) is 19.0. The predicted molar refractivity (Wildman–Crippen MR) is 117 cm³/mol. The highest BCUT2D eigenvalue weighted by Gasteiger charge is 2.35. The highest BCUT2D eigenvalue weighted by Crippen LogP contribution is 2.28. The minimum absolute atomic E-state index is 0.0991. The summed E-state index contributed by atoms with van der Waals surface area (Å²) >= 11 is 0. The molecule has 1 atom stereocenters. The Morgan fingerprint density at radius 3 is 2.65 bits per heavy atom. The van der Waals surface area contributed by atoms with E-state index in [1.54, 1.807) is 7.11 Å². The van der Waals surface area contributed by atoms with Gasteiger partial charge in [-0.15, -0.1) is 0 Å². The van der Waals surface area contributed by atoms with Crippen LogP contribution in [-0.4, -0.2) is 72.7 Å². The maximum absolute atomic E-state index is 12.7. The topological polar surface area (TPSA) is 98.8 Å². The van der Waals surface area contributed by atoms with E-state index in [2.05, 4.69) is 9.88 Å². The summed E-state index contributed by atoms with van der Waals surface area (Å²) in [6, 6.07) is 7.98. The summed E-state index contributed by atoms with van der Waals surface area (Å²) in [5, 5.41) is 0. The van der Waals surface area contributed by atoms with E-state index in [9.17, 15) is 13.2 Å². The minimum Gasteiger partial charge on any atom is -0.497 e. The van der Waals surface area contributed by atoms with Crippen molar-refractivity contribution in [1.82, 2.24) is 23.5 Å². The van der Waals surface area contributed by atoms with Gasteiger partial charge in [0.05, 0.1) is 12.8 Å². The van der Waals surface area contributed by atoms with Gasteiger partial charge in [0.2, 0.25) is 0 Å². The van der Waals surface area contributed by atoms with Crippen molar-refractivity contribution in [2.75, 3.05) is 40.8 Å². The number of fused-ring (bicyclic) bond motifs is 1. The van der Waals surface area contributed by atoms with Crippen molar-refractivity contribution in [3.8, 4) is 5.75 Å². The number of hydrogen-bond donors (Lipinski definition) is 1. The van der Waals surface area contributed by atoms with Crippen LogP contribution in [0.15, 0.2) is 29.1 Å². The van der Waals surface area contributed by atoms with Crippen LogP contribution >= 0.6 is 0 Å². The molecule has 1 fully saturated rings. The molecule has 31 heavy (non-hydrogen) atoms. The summed E-state index contributed by atoms with van der Waals surface area (Å²) in [4.78, 5) is 22.7. The van der Waals surface area contributed by atoms with Crippen LogP contribution < -0.4 is 10.3 Å². The highest BCUT2D eigenvalue weighted by atomic mass is 32.2. The number of rotatable bonds is 6. The van der Waals surface area contributed by atoms with Crippen LogP contribution in [0, 0.1) is 0 Å². The lowest BCUT2D eigenvalue weighted by molar-refractivity contribution is 0.239. The largest absolute Gasteiger partial charge is 0.497 e. The third-order valence-electron chi connectivity index (χ3n) is 6.06. The standard InChI is InChI=1S/C21H29N5O4S/c1-24(2)31(28,29)26-11-8-16(13-26)20-22-19-14-25(10-9-18(19)21(27)23-20)12-15-4-6-17(30-3)7-5-15/h4-7,16H,8-14H2,1-3H3,(H,22,23,27)/t16-/m0/s1. The van der Waals surface area contributed by atoms with Gasteiger partial charge < -0.3 is 9.72 Å². The van der Waals surface area contributed by atoms with E-state index in [0.717, 1.165) is 30.1 Å². The molecular weight excluding hydrogens is 418 g/mol. The smallest absolute Gasteiger partial charge is 0.281 e. The maximum Gasteiger partial charge on any atom is 0.281 e. The molecular formula is C21H29N5O4S. The van der Waals surface area contributed by atoms with E-state index < -0.39 is 10.2 Å². The number of benzene rings is 1. The molecule has 0 amide bonds. The van der Waals surface area contributed by atoms with Gasteiger partial charge in [0.1, 0.15) is 11.6 Å². The monoisotopic (exact) mass is 447 g/mol. The Hall–Kier alpha value is -2.27. The number of nitrogens with one attached hydrogen (secondary N) is 1. The average molecular weight is 448 g/mol. The van der Waals surface area contributed by atoms with E-state index in [-0.39, 0.29) is 11.5 Å². The zero-order valence-electron chi connectivity index (χ0n) is 18.2. The van der Waals surface area contributed by atoms with E-state index in [4.69, 9.17) is 9.72 Å². The molecule has 168 valence electrons. The van der Waals surface area contributed by atoms with E-state index in [0.29, 0.717) is 38.3 Å². The van der Waals surface area contributed by atoms with Crippen LogP contribution in [0.4, 0.5) is 0 Å². The van der Waals surface area contributed by atoms with Crippen LogP contribution in [0.2, 0.25) is 0 Å². The molecule has 9 nitrogen and oxygen atoms in total. The first-order valence-corrected chi connectivity index (χ1v) is 11.8. The third-order valence-corrected chi connectivity index (χ3v) is 7.97. The molecule has 1 aromatic carbocycles. The molecule has 0 unspecified atom stereocenters. The van der Waals surface area contributed by atoms with E-state index in [1.807, 2.05) is 24.3 Å². The van der Waals surface area contributed by atoms with Crippen LogP contribution in [0.3, 0.4) is 0 Å². The molecule has 4 rings (SSSR count). The van der Waals surface area contributed by atoms with Crippen molar-refractivity contribution in [3.05, 3.63) is 57.3 Å². The maximum atomic E-state index is 12.7. The van der Waals surface area contributed by atoms with Crippen molar-refractivity contribution < 1.29 is 13.2 Å². The molecule has 0 aliphatic carbocycles. The second-order valence-corrected chi connectivity index (χ2v) is 10.5. The van der Waals surface area contributed by atoms with Gasteiger partial charge in [0.15, 0.2) is 0 Å². The van der Waals surface area contributed by atoms with Crippen molar-refractivity contribution in [1.29, 1.82) is 0 Å². The molecule has 1 aromatic heterocycles. The Morgan fingerprint density at radius 1 is 1.23 bits per heavy atom. The quantitative estimate of drug-likeness (QED) is 0.708. The van der Waals surface area contributed by atoms with Gasteiger partial charge in [0.25, 0.3) is 15.8 Å². The van der Waals surface area contributed by atoms with Crippen molar-refractivity contribution in [3.63, 3.8) is 0 Å². The van der Waals surface area contributed by atoms with Gasteiger partial charge in [0, 0.05) is 58.3 Å². The molecule has 2 aromatic rings. The van der Waals surface area contributed by atoms with Crippen molar-refractivity contribution in [2.45, 2.75) is 31.8 Å². The van der Waals surface area contributed by atoms with Crippen LogP contribution in [-0.2, 0) is 29.7 Å². The molecule has 0 saturated carbocycles. The summed E-state index contributed by atoms with van der Waals surface area (Å²) in [5.74, 6) is 1.31. The highest BCUT2D eigenvalue weighted by molar-refractivity contribution is 7.86. The summed E-state index contributed by atoms with van der Waals surface area (Å²) < 4.78 is 32.7. The summed E-state index contributed by atoms with van der Waals surface area (Å²) in [5.41, 5.74) is 2.62. The number of ether oxygens (including phenoxy) is 1. The van der Waals surface area contributed by atoms with Crippen LogP contribution in [0.5, 0.6) is 5.75 Å². The first-order chi connectivity index (χ1) is 14.8. The number of aromatic amines is 1. The lowest BCUT2D eigenvalue weighted by Gasteiger charge is -2.28. The SMILES string of the molecule is COc1ccc(CN2CCc3c(nc([C@H]4CCN(S(=O)(=O)N(C)C)C4)[nH]c3=O)C2)cc1. The van der Waals surface area contributed by atoms with Crippen molar-refractivity contribution >= 4 is 10.2 Å². The third kappa shape index (κ3) is 4.52. The summed E-state index contributed by atoms with van der Waals surface area (Å²) in [7, 11) is 1.24. The molecule has 3 heterocycles. The Kier molecular flexibility index (Phi) is 6.16. The molecule has 0 radical (unpaired) electrons. The summed E-state index contributed by atoms with van der Waals surface area (Å²) in [6.07, 6.45) is 1.30. The molecule has 0 spiro atoms. The lowest BCUT2D eigenvalue weighted by atomic mass is 10.0. The fraction of sp³-hybridized carbons (Fsp3) is 0.524. The molecule has 2 aliphatic rings. The Labute approximate surface area is 182 Å². The van der Waals surface area contributed by atoms with Gasteiger partial charge >= 0.3 is 0 Å². The predicted octanol–water partition coefficient (Wildman–Crippen LogP) is 0.933. The number of methoxy groups -OCH3 is 1. The number of aromatic nitrogens is 2. The summed E-state index contributed by atoms with van der Waals surface area (Å²) in [6.45, 7) is 2.92. The van der Waals surface area contributed by atoms with Crippen LogP contribution in [0.1, 0.15) is 35.0 Å². The molecule has 1 saturated heterocycles. The number of hydrogen-bond acceptors (Lipinski definition) is 6. The molecule has 2 aliphatic heterocycles. The van der Waals surface area contributed by atoms with Gasteiger partial charge in [-0.2, -0.15) is 17.0 Å². The first-order valence-electron chi connectivity index (χ1n) is 10.4. The first kappa shape index (κ1) is 21.9. The lowest BCUT2D eigenvalue weighted by Crippen LogP contribution is -2.38. The average Bonchev–Trinajstić information content (AvgIpc) is 3.25. The number of nitrogens with zero attached hydrogens (tertiary/aromatic N) is 4. The van der Waals surface area contributed by atoms with Gasteiger partial charge in [-0.1, -0.05) is 12.1 Å². The Balaban J connectivity index is 1.50. The van der Waals surface area contributed by atoms with Crippen molar-refractivity contribution in [2.24, 2.45) is 0 Å². The van der Waals surface area contributed by atoms with E-state index >= 15 is 0 Å². The fourth-order valence-corrected chi connectivity index (χ4v) is 5.39.